The largest absolute Gasteiger partial charge is 0.480 e. The van der Waals surface area contributed by atoms with E-state index in [4.69, 9.17) is 10.8 Å². The van der Waals surface area contributed by atoms with Gasteiger partial charge in [-0.3, -0.25) is 9.59 Å². The average molecular weight is 314 g/mol. The van der Waals surface area contributed by atoms with Crippen LogP contribution in [-0.4, -0.2) is 37.2 Å². The molecule has 0 radical (unpaired) electrons. The molecule has 0 spiro atoms. The first-order valence-electron chi connectivity index (χ1n) is 6.35. The molecule has 0 heterocycles. The summed E-state index contributed by atoms with van der Waals surface area (Å²) in [6.45, 7) is 0. The molecule has 1 unspecified atom stereocenters. The van der Waals surface area contributed by atoms with Gasteiger partial charge in [-0.25, -0.2) is 13.1 Å². The van der Waals surface area contributed by atoms with Crippen molar-refractivity contribution in [1.29, 1.82) is 0 Å². The van der Waals surface area contributed by atoms with Crippen LogP contribution in [0.1, 0.15) is 18.4 Å². The highest BCUT2D eigenvalue weighted by Crippen LogP contribution is 2.04. The number of aliphatic carboxylic acids is 1. The van der Waals surface area contributed by atoms with Crippen molar-refractivity contribution in [1.82, 2.24) is 4.72 Å². The molecular formula is C13H18N2O5S. The van der Waals surface area contributed by atoms with Crippen molar-refractivity contribution in [2.45, 2.75) is 25.3 Å². The Balaban J connectivity index is 2.59. The lowest BCUT2D eigenvalue weighted by Gasteiger charge is -2.14. The standard InChI is InChI=1S/C13H18N2O5S/c14-12(16)7-6-11(13(17)18)15-21(19,20)9-8-10-4-2-1-3-5-10/h1-5,11,15H,6-9H2,(H2,14,16)(H,17,18). The Bertz CT molecular complexity index is 586. The van der Waals surface area contributed by atoms with E-state index in [9.17, 15) is 18.0 Å². The smallest absolute Gasteiger partial charge is 0.321 e. The molecule has 0 bridgehead atoms. The van der Waals surface area contributed by atoms with Crippen LogP contribution in [0.15, 0.2) is 30.3 Å². The molecule has 1 atom stereocenters. The summed E-state index contributed by atoms with van der Waals surface area (Å²) in [4.78, 5) is 21.6. The Morgan fingerprint density at radius 3 is 2.38 bits per heavy atom. The maximum Gasteiger partial charge on any atom is 0.321 e. The zero-order chi connectivity index (χ0) is 15.9. The third kappa shape index (κ3) is 6.87. The van der Waals surface area contributed by atoms with Crippen LogP contribution in [0.4, 0.5) is 0 Å². The normalized spacial score (nSPS) is 12.8. The minimum Gasteiger partial charge on any atom is -0.480 e. The van der Waals surface area contributed by atoms with Crippen molar-refractivity contribution >= 4 is 21.9 Å². The van der Waals surface area contributed by atoms with Crippen molar-refractivity contribution < 1.29 is 23.1 Å². The zero-order valence-corrected chi connectivity index (χ0v) is 12.2. The number of hydrogen-bond acceptors (Lipinski definition) is 4. The summed E-state index contributed by atoms with van der Waals surface area (Å²) >= 11 is 0. The number of nitrogens with one attached hydrogen (secondary N) is 1. The molecule has 1 aromatic rings. The average Bonchev–Trinajstić information content (AvgIpc) is 2.42. The van der Waals surface area contributed by atoms with Gasteiger partial charge in [-0.1, -0.05) is 30.3 Å². The summed E-state index contributed by atoms with van der Waals surface area (Å²) < 4.78 is 25.8. The van der Waals surface area contributed by atoms with Gasteiger partial charge in [0.2, 0.25) is 15.9 Å². The number of amides is 1. The summed E-state index contributed by atoms with van der Waals surface area (Å²) in [6.07, 6.45) is -0.0915. The number of sulfonamides is 1. The molecule has 0 aliphatic carbocycles. The number of hydrogen-bond donors (Lipinski definition) is 3. The zero-order valence-electron chi connectivity index (χ0n) is 11.4. The lowest BCUT2D eigenvalue weighted by molar-refractivity contribution is -0.139. The number of aryl methyl sites for hydroxylation is 1. The first kappa shape index (κ1) is 17.1. The second-order valence-corrected chi connectivity index (χ2v) is 6.44. The van der Waals surface area contributed by atoms with Crippen LogP contribution in [-0.2, 0) is 26.0 Å². The number of rotatable bonds is 9. The molecule has 0 fully saturated rings. The van der Waals surface area contributed by atoms with Crippen LogP contribution >= 0.6 is 0 Å². The highest BCUT2D eigenvalue weighted by molar-refractivity contribution is 7.89. The van der Waals surface area contributed by atoms with Crippen molar-refractivity contribution in [2.75, 3.05) is 5.75 Å². The predicted octanol–water partition coefficient (Wildman–Crippen LogP) is -0.133. The molecule has 7 nitrogen and oxygen atoms in total. The van der Waals surface area contributed by atoms with Crippen molar-refractivity contribution in [2.24, 2.45) is 5.73 Å². The minimum absolute atomic E-state index is 0.171. The molecule has 1 rings (SSSR count). The summed E-state index contributed by atoms with van der Waals surface area (Å²) in [6, 6.07) is 7.64. The van der Waals surface area contributed by atoms with Crippen LogP contribution in [0.25, 0.3) is 0 Å². The molecule has 0 aromatic heterocycles. The van der Waals surface area contributed by atoms with Crippen LogP contribution in [0.2, 0.25) is 0 Å². The van der Waals surface area contributed by atoms with Gasteiger partial charge in [0.15, 0.2) is 0 Å². The fraction of sp³-hybridized carbons (Fsp3) is 0.385. The maximum atomic E-state index is 11.9. The predicted molar refractivity (Wildman–Crippen MR) is 76.9 cm³/mol. The van der Waals surface area contributed by atoms with Gasteiger partial charge in [-0.2, -0.15) is 0 Å². The van der Waals surface area contributed by atoms with Crippen LogP contribution < -0.4 is 10.5 Å². The molecule has 8 heteroatoms. The van der Waals surface area contributed by atoms with E-state index >= 15 is 0 Å². The molecule has 0 saturated heterocycles. The molecule has 0 aliphatic rings. The summed E-state index contributed by atoms with van der Waals surface area (Å²) in [5, 5.41) is 8.96. The van der Waals surface area contributed by atoms with E-state index in [-0.39, 0.29) is 25.0 Å². The van der Waals surface area contributed by atoms with Gasteiger partial charge < -0.3 is 10.8 Å². The van der Waals surface area contributed by atoms with Gasteiger partial charge in [0, 0.05) is 6.42 Å². The first-order valence-corrected chi connectivity index (χ1v) is 8.00. The number of carbonyl (C=O) groups is 2. The highest BCUT2D eigenvalue weighted by atomic mass is 32.2. The van der Waals surface area contributed by atoms with Gasteiger partial charge in [0.05, 0.1) is 5.75 Å². The highest BCUT2D eigenvalue weighted by Gasteiger charge is 2.24. The topological polar surface area (TPSA) is 127 Å². The molecular weight excluding hydrogens is 296 g/mol. The summed E-state index contributed by atoms with van der Waals surface area (Å²) in [5.41, 5.74) is 5.77. The quantitative estimate of drug-likeness (QED) is 0.585. The van der Waals surface area contributed by atoms with E-state index in [0.717, 1.165) is 5.56 Å². The van der Waals surface area contributed by atoms with Gasteiger partial charge >= 0.3 is 5.97 Å². The van der Waals surface area contributed by atoms with Crippen LogP contribution in [0, 0.1) is 0 Å². The SMILES string of the molecule is NC(=O)CCC(NS(=O)(=O)CCc1ccccc1)C(=O)O. The Morgan fingerprint density at radius 1 is 1.24 bits per heavy atom. The second-order valence-electron chi connectivity index (χ2n) is 4.57. The van der Waals surface area contributed by atoms with E-state index in [1.807, 2.05) is 6.07 Å². The Kier molecular flexibility index (Phi) is 6.32. The molecule has 4 N–H and O–H groups in total. The maximum absolute atomic E-state index is 11.9. The Labute approximate surface area is 123 Å². The van der Waals surface area contributed by atoms with Crippen molar-refractivity contribution in [3.63, 3.8) is 0 Å². The second kappa shape index (κ2) is 7.75. The molecule has 1 amide bonds. The Morgan fingerprint density at radius 2 is 1.86 bits per heavy atom. The van der Waals surface area contributed by atoms with E-state index in [0.29, 0.717) is 0 Å². The van der Waals surface area contributed by atoms with Gasteiger partial charge in [-0.15, -0.1) is 0 Å². The van der Waals surface area contributed by atoms with E-state index in [1.54, 1.807) is 24.3 Å². The van der Waals surface area contributed by atoms with Gasteiger partial charge in [0.25, 0.3) is 0 Å². The van der Waals surface area contributed by atoms with Crippen LogP contribution in [0.5, 0.6) is 0 Å². The van der Waals surface area contributed by atoms with Gasteiger partial charge in [0.1, 0.15) is 6.04 Å². The molecule has 116 valence electrons. The van der Waals surface area contributed by atoms with E-state index in [1.165, 1.54) is 0 Å². The third-order valence-corrected chi connectivity index (χ3v) is 4.19. The van der Waals surface area contributed by atoms with Gasteiger partial charge in [-0.05, 0) is 18.4 Å². The van der Waals surface area contributed by atoms with E-state index in [2.05, 4.69) is 4.72 Å². The summed E-state index contributed by atoms with van der Waals surface area (Å²) in [7, 11) is -3.75. The fourth-order valence-electron chi connectivity index (χ4n) is 1.69. The molecule has 0 saturated carbocycles. The number of carbonyl (C=O) groups excluding carboxylic acids is 1. The third-order valence-electron chi connectivity index (χ3n) is 2.80. The first-order chi connectivity index (χ1) is 9.80. The summed E-state index contributed by atoms with van der Waals surface area (Å²) in [5.74, 6) is -2.23. The number of carboxylic acids is 1. The molecule has 0 aliphatic heterocycles. The van der Waals surface area contributed by atoms with E-state index < -0.39 is 27.9 Å². The Hall–Kier alpha value is -1.93. The number of nitrogens with two attached hydrogens (primary N) is 1. The lowest BCUT2D eigenvalue weighted by Crippen LogP contribution is -2.42. The molecule has 21 heavy (non-hydrogen) atoms. The molecule has 1 aromatic carbocycles. The fourth-order valence-corrected chi connectivity index (χ4v) is 2.97. The number of benzene rings is 1. The van der Waals surface area contributed by atoms with Crippen LogP contribution in [0.3, 0.4) is 0 Å². The minimum atomic E-state index is -3.75. The monoisotopic (exact) mass is 314 g/mol. The van der Waals surface area contributed by atoms with Crippen molar-refractivity contribution in [3.8, 4) is 0 Å². The number of primary amides is 1. The number of carboxylic acid groups (broad SMARTS) is 1. The lowest BCUT2D eigenvalue weighted by atomic mass is 10.2. The van der Waals surface area contributed by atoms with Crippen molar-refractivity contribution in [3.05, 3.63) is 35.9 Å².